The lowest BCUT2D eigenvalue weighted by atomic mass is 10.0. The molecule has 0 amide bonds. The zero-order valence-corrected chi connectivity index (χ0v) is 16.5. The van der Waals surface area contributed by atoms with Gasteiger partial charge in [-0.05, 0) is 37.3 Å². The van der Waals surface area contributed by atoms with Crippen LogP contribution in [-0.4, -0.2) is 71.1 Å². The summed E-state index contributed by atoms with van der Waals surface area (Å²) in [6.45, 7) is 5.06. The van der Waals surface area contributed by atoms with Crippen LogP contribution in [0, 0.1) is 11.7 Å². The Kier molecular flexibility index (Phi) is 9.94. The Morgan fingerprint density at radius 2 is 2.07 bits per heavy atom. The van der Waals surface area contributed by atoms with Crippen molar-refractivity contribution in [3.05, 3.63) is 30.1 Å². The Bertz CT molecular complexity index is 565. The van der Waals surface area contributed by atoms with E-state index in [2.05, 4.69) is 10.3 Å². The number of nitrogens with one attached hydrogen (secondary N) is 1. The summed E-state index contributed by atoms with van der Waals surface area (Å²) in [7, 11) is 3.68. The van der Waals surface area contributed by atoms with Gasteiger partial charge in [0.15, 0.2) is 17.5 Å². The average molecular weight is 381 g/mol. The summed E-state index contributed by atoms with van der Waals surface area (Å²) >= 11 is 0. The number of benzene rings is 1. The van der Waals surface area contributed by atoms with Gasteiger partial charge in [0.2, 0.25) is 0 Å². The summed E-state index contributed by atoms with van der Waals surface area (Å²) in [6.07, 6.45) is 3.12. The van der Waals surface area contributed by atoms with Gasteiger partial charge in [0.1, 0.15) is 6.61 Å². The van der Waals surface area contributed by atoms with Gasteiger partial charge in [-0.25, -0.2) is 4.39 Å². The second-order valence-electron chi connectivity index (χ2n) is 6.66. The summed E-state index contributed by atoms with van der Waals surface area (Å²) in [5.74, 6) is 1.36. The predicted molar refractivity (Wildman–Crippen MR) is 105 cm³/mol. The average Bonchev–Trinajstić information content (AvgIpc) is 2.69. The lowest BCUT2D eigenvalue weighted by Gasteiger charge is -2.23. The molecule has 0 unspecified atom stereocenters. The molecule has 0 radical (unpaired) electrons. The van der Waals surface area contributed by atoms with Crippen molar-refractivity contribution in [2.24, 2.45) is 10.9 Å². The molecule has 1 aromatic carbocycles. The third-order valence-electron chi connectivity index (χ3n) is 4.54. The molecule has 1 saturated heterocycles. The number of aliphatic imine (C=N–C) groups is 1. The molecule has 0 spiro atoms. The normalized spacial score (nSPS) is 15.6. The summed E-state index contributed by atoms with van der Waals surface area (Å²) in [4.78, 5) is 6.23. The largest absolute Gasteiger partial charge is 0.489 e. The summed E-state index contributed by atoms with van der Waals surface area (Å²) < 4.78 is 30.1. The molecule has 152 valence electrons. The quantitative estimate of drug-likeness (QED) is 0.383. The number of likely N-dealkylation sites (N-methyl/N-ethyl adjacent to an activating group) is 1. The van der Waals surface area contributed by atoms with Crippen LogP contribution in [0.4, 0.5) is 4.39 Å². The van der Waals surface area contributed by atoms with E-state index in [1.54, 1.807) is 25.2 Å². The standard InChI is InChI=1S/C20H32FN3O3/c1-22-20(23-10-5-12-26-16-17-8-13-25-14-9-17)24(2)11-15-27-19-7-4-3-6-18(19)21/h3-4,6-7,17H,5,8-16H2,1-2H3,(H,22,23). The van der Waals surface area contributed by atoms with Crippen LogP contribution in [0.15, 0.2) is 29.3 Å². The Labute approximate surface area is 161 Å². The fourth-order valence-electron chi connectivity index (χ4n) is 2.88. The van der Waals surface area contributed by atoms with Gasteiger partial charge in [0, 0.05) is 47.1 Å². The van der Waals surface area contributed by atoms with Crippen molar-refractivity contribution in [2.75, 3.05) is 60.2 Å². The van der Waals surface area contributed by atoms with E-state index in [0.717, 1.165) is 58.2 Å². The van der Waals surface area contributed by atoms with E-state index < -0.39 is 0 Å². The van der Waals surface area contributed by atoms with Crippen molar-refractivity contribution in [3.8, 4) is 5.75 Å². The molecule has 0 aromatic heterocycles. The number of ether oxygens (including phenoxy) is 3. The van der Waals surface area contributed by atoms with Crippen LogP contribution in [0.3, 0.4) is 0 Å². The Balaban J connectivity index is 1.55. The highest BCUT2D eigenvalue weighted by Gasteiger charge is 2.13. The molecule has 1 aliphatic rings. The number of hydrogen-bond donors (Lipinski definition) is 1. The third-order valence-corrected chi connectivity index (χ3v) is 4.54. The minimum Gasteiger partial charge on any atom is -0.489 e. The van der Waals surface area contributed by atoms with Gasteiger partial charge in [0.05, 0.1) is 6.54 Å². The van der Waals surface area contributed by atoms with Crippen LogP contribution >= 0.6 is 0 Å². The summed E-state index contributed by atoms with van der Waals surface area (Å²) in [6, 6.07) is 6.42. The highest BCUT2D eigenvalue weighted by Crippen LogP contribution is 2.15. The molecule has 2 rings (SSSR count). The van der Waals surface area contributed by atoms with Gasteiger partial charge in [0.25, 0.3) is 0 Å². The number of guanidine groups is 1. The summed E-state index contributed by atoms with van der Waals surface area (Å²) in [5, 5.41) is 3.31. The minimum absolute atomic E-state index is 0.274. The van der Waals surface area contributed by atoms with Crippen molar-refractivity contribution in [1.29, 1.82) is 0 Å². The first-order valence-electron chi connectivity index (χ1n) is 9.65. The van der Waals surface area contributed by atoms with Crippen molar-refractivity contribution < 1.29 is 18.6 Å². The van der Waals surface area contributed by atoms with Gasteiger partial charge >= 0.3 is 0 Å². The molecular formula is C20H32FN3O3. The van der Waals surface area contributed by atoms with Gasteiger partial charge in [-0.2, -0.15) is 0 Å². The van der Waals surface area contributed by atoms with Crippen molar-refractivity contribution in [2.45, 2.75) is 19.3 Å². The second-order valence-corrected chi connectivity index (χ2v) is 6.66. The number of hydrogen-bond acceptors (Lipinski definition) is 4. The first kappa shape index (κ1) is 21.4. The van der Waals surface area contributed by atoms with E-state index >= 15 is 0 Å². The first-order chi connectivity index (χ1) is 13.2. The Morgan fingerprint density at radius 3 is 2.81 bits per heavy atom. The van der Waals surface area contributed by atoms with Crippen molar-refractivity contribution in [3.63, 3.8) is 0 Å². The highest BCUT2D eigenvalue weighted by atomic mass is 19.1. The monoisotopic (exact) mass is 381 g/mol. The van der Waals surface area contributed by atoms with Crippen LogP contribution in [0.2, 0.25) is 0 Å². The van der Waals surface area contributed by atoms with Crippen LogP contribution in [0.5, 0.6) is 5.75 Å². The molecule has 7 heteroatoms. The SMILES string of the molecule is CN=C(NCCCOCC1CCOCC1)N(C)CCOc1ccccc1F. The zero-order valence-electron chi connectivity index (χ0n) is 16.5. The fourth-order valence-corrected chi connectivity index (χ4v) is 2.88. The minimum atomic E-state index is -0.344. The van der Waals surface area contributed by atoms with Crippen LogP contribution in [-0.2, 0) is 9.47 Å². The van der Waals surface area contributed by atoms with E-state index in [1.807, 2.05) is 11.9 Å². The third kappa shape index (κ3) is 8.13. The maximum absolute atomic E-state index is 13.5. The van der Waals surface area contributed by atoms with E-state index in [1.165, 1.54) is 6.07 Å². The van der Waals surface area contributed by atoms with Crippen molar-refractivity contribution in [1.82, 2.24) is 10.2 Å². The maximum Gasteiger partial charge on any atom is 0.193 e. The van der Waals surface area contributed by atoms with E-state index in [-0.39, 0.29) is 11.6 Å². The number of para-hydroxylation sites is 1. The molecule has 0 bridgehead atoms. The molecule has 1 N–H and O–H groups in total. The topological polar surface area (TPSA) is 55.3 Å². The molecule has 1 fully saturated rings. The summed E-state index contributed by atoms with van der Waals surface area (Å²) in [5.41, 5.74) is 0. The highest BCUT2D eigenvalue weighted by molar-refractivity contribution is 5.79. The number of halogens is 1. The number of nitrogens with zero attached hydrogens (tertiary/aromatic N) is 2. The fraction of sp³-hybridized carbons (Fsp3) is 0.650. The Morgan fingerprint density at radius 1 is 1.30 bits per heavy atom. The molecule has 1 aliphatic heterocycles. The Hall–Kier alpha value is -1.86. The van der Waals surface area contributed by atoms with Gasteiger partial charge in [-0.1, -0.05) is 12.1 Å². The van der Waals surface area contributed by atoms with E-state index in [9.17, 15) is 4.39 Å². The van der Waals surface area contributed by atoms with Crippen LogP contribution in [0.25, 0.3) is 0 Å². The van der Waals surface area contributed by atoms with Crippen LogP contribution in [0.1, 0.15) is 19.3 Å². The molecule has 0 atom stereocenters. The maximum atomic E-state index is 13.5. The smallest absolute Gasteiger partial charge is 0.193 e. The molecular weight excluding hydrogens is 349 g/mol. The lowest BCUT2D eigenvalue weighted by Crippen LogP contribution is -2.41. The molecule has 0 saturated carbocycles. The van der Waals surface area contributed by atoms with Crippen molar-refractivity contribution >= 4 is 5.96 Å². The van der Waals surface area contributed by atoms with Gasteiger partial charge in [-0.15, -0.1) is 0 Å². The van der Waals surface area contributed by atoms with E-state index in [4.69, 9.17) is 14.2 Å². The first-order valence-corrected chi connectivity index (χ1v) is 9.65. The molecule has 27 heavy (non-hydrogen) atoms. The zero-order chi connectivity index (χ0) is 19.3. The number of rotatable bonds is 10. The predicted octanol–water partition coefficient (Wildman–Crippen LogP) is 2.54. The van der Waals surface area contributed by atoms with Crippen LogP contribution < -0.4 is 10.1 Å². The van der Waals surface area contributed by atoms with E-state index in [0.29, 0.717) is 19.1 Å². The lowest BCUT2D eigenvalue weighted by molar-refractivity contribution is 0.0203. The van der Waals surface area contributed by atoms with Gasteiger partial charge < -0.3 is 24.4 Å². The van der Waals surface area contributed by atoms with Gasteiger partial charge in [-0.3, -0.25) is 4.99 Å². The molecule has 1 aromatic rings. The molecule has 0 aliphatic carbocycles. The molecule has 6 nitrogen and oxygen atoms in total. The second kappa shape index (κ2) is 12.5. The molecule has 1 heterocycles.